The van der Waals surface area contributed by atoms with Crippen LogP contribution in [0, 0.1) is 17.0 Å². The van der Waals surface area contributed by atoms with E-state index in [-0.39, 0.29) is 17.3 Å². The molecule has 0 unspecified atom stereocenters. The molecule has 0 amide bonds. The summed E-state index contributed by atoms with van der Waals surface area (Å²) in [6.07, 6.45) is 2.22. The largest absolute Gasteiger partial charge is 0.490 e. The average molecular weight is 507 g/mol. The molecule has 36 heavy (non-hydrogen) atoms. The molecule has 184 valence electrons. The maximum atomic E-state index is 12.5. The third-order valence-electron chi connectivity index (χ3n) is 5.47. The van der Waals surface area contributed by atoms with Gasteiger partial charge in [0.2, 0.25) is 5.90 Å². The summed E-state index contributed by atoms with van der Waals surface area (Å²) in [7, 11) is 0. The zero-order valence-electron chi connectivity index (χ0n) is 19.7. The smallest absolute Gasteiger partial charge is 0.363 e. The Bertz CT molecular complexity index is 1370. The van der Waals surface area contributed by atoms with Crippen molar-refractivity contribution in [2.24, 2.45) is 4.99 Å². The molecule has 4 rings (SSSR count). The average Bonchev–Trinajstić information content (AvgIpc) is 3.21. The summed E-state index contributed by atoms with van der Waals surface area (Å²) in [5.41, 5.74) is 2.38. The van der Waals surface area contributed by atoms with Gasteiger partial charge in [-0.15, -0.1) is 0 Å². The minimum atomic E-state index is -0.673. The van der Waals surface area contributed by atoms with E-state index in [0.717, 1.165) is 5.56 Å². The van der Waals surface area contributed by atoms with Crippen molar-refractivity contribution in [3.05, 3.63) is 104 Å². The SMILES string of the molecule is CCOc1cc(/C=C2\N=C(c3cccc([N+](=O)[O-])c3C)OC2=O)cc(Cl)c1OCCc1ccccc1. The molecule has 0 N–H and O–H groups in total. The Hall–Kier alpha value is -4.17. The predicted octanol–water partition coefficient (Wildman–Crippen LogP) is 5.92. The van der Waals surface area contributed by atoms with Crippen molar-refractivity contribution in [1.29, 1.82) is 0 Å². The predicted molar refractivity (Wildman–Crippen MR) is 137 cm³/mol. The Labute approximate surface area is 212 Å². The van der Waals surface area contributed by atoms with E-state index in [0.29, 0.717) is 52.8 Å². The number of carbonyl (C=O) groups excluding carboxylic acids is 1. The number of carbonyl (C=O) groups is 1. The van der Waals surface area contributed by atoms with Crippen molar-refractivity contribution in [2.45, 2.75) is 20.3 Å². The number of hydrogen-bond acceptors (Lipinski definition) is 7. The van der Waals surface area contributed by atoms with E-state index in [1.165, 1.54) is 18.2 Å². The number of benzene rings is 3. The highest BCUT2D eigenvalue weighted by atomic mass is 35.5. The number of nitrogens with zero attached hydrogens (tertiary/aromatic N) is 2. The van der Waals surface area contributed by atoms with Crippen LogP contribution in [0.4, 0.5) is 5.69 Å². The first-order valence-corrected chi connectivity index (χ1v) is 11.6. The molecule has 1 aliphatic rings. The van der Waals surface area contributed by atoms with Gasteiger partial charge >= 0.3 is 5.97 Å². The van der Waals surface area contributed by atoms with Gasteiger partial charge in [-0.05, 0) is 49.2 Å². The lowest BCUT2D eigenvalue weighted by Crippen LogP contribution is -2.08. The maximum Gasteiger partial charge on any atom is 0.363 e. The Morgan fingerprint density at radius 2 is 1.89 bits per heavy atom. The number of ether oxygens (including phenoxy) is 3. The molecule has 0 bridgehead atoms. The quantitative estimate of drug-likeness (QED) is 0.154. The molecule has 0 aromatic heterocycles. The number of nitro benzene ring substituents is 1. The first-order valence-electron chi connectivity index (χ1n) is 11.3. The molecule has 0 atom stereocenters. The van der Waals surface area contributed by atoms with E-state index in [1.807, 2.05) is 37.3 Å². The lowest BCUT2D eigenvalue weighted by Gasteiger charge is -2.14. The minimum absolute atomic E-state index is 0.00411. The standard InChI is InChI=1S/C27H23ClN2O6/c1-3-34-24-16-19(14-21(28)25(24)35-13-12-18-8-5-4-6-9-18)15-22-27(31)36-26(29-22)20-10-7-11-23(17(20)2)30(32)33/h4-11,14-16H,3,12-13H2,1-2H3/b22-15-. The van der Waals surface area contributed by atoms with Crippen molar-refractivity contribution >= 4 is 35.2 Å². The summed E-state index contributed by atoms with van der Waals surface area (Å²) >= 11 is 6.52. The van der Waals surface area contributed by atoms with Crippen LogP contribution in [0.25, 0.3) is 6.08 Å². The van der Waals surface area contributed by atoms with Gasteiger partial charge in [0, 0.05) is 23.6 Å². The van der Waals surface area contributed by atoms with Gasteiger partial charge in [0.1, 0.15) is 0 Å². The summed E-state index contributed by atoms with van der Waals surface area (Å²) in [5.74, 6) is 0.189. The molecule has 9 heteroatoms. The molecule has 0 saturated carbocycles. The molecular formula is C27H23ClN2O6. The molecule has 1 heterocycles. The van der Waals surface area contributed by atoms with Crippen LogP contribution >= 0.6 is 11.6 Å². The number of cyclic esters (lactones) is 1. The van der Waals surface area contributed by atoms with Crippen LogP contribution in [0.1, 0.15) is 29.2 Å². The van der Waals surface area contributed by atoms with Crippen LogP contribution < -0.4 is 9.47 Å². The molecule has 0 fully saturated rings. The second kappa shape index (κ2) is 11.0. The van der Waals surface area contributed by atoms with Gasteiger partial charge in [-0.1, -0.05) is 48.0 Å². The molecule has 0 radical (unpaired) electrons. The summed E-state index contributed by atoms with van der Waals surface area (Å²) in [6, 6.07) is 17.8. The van der Waals surface area contributed by atoms with Crippen LogP contribution in [-0.4, -0.2) is 30.0 Å². The van der Waals surface area contributed by atoms with E-state index in [9.17, 15) is 14.9 Å². The summed E-state index contributed by atoms with van der Waals surface area (Å²) < 4.78 is 17.0. The van der Waals surface area contributed by atoms with Crippen molar-refractivity contribution < 1.29 is 23.9 Å². The van der Waals surface area contributed by atoms with Crippen LogP contribution in [0.5, 0.6) is 11.5 Å². The molecule has 0 aliphatic carbocycles. The van der Waals surface area contributed by atoms with Crippen LogP contribution in [0.3, 0.4) is 0 Å². The van der Waals surface area contributed by atoms with Crippen molar-refractivity contribution in [3.8, 4) is 11.5 Å². The highest BCUT2D eigenvalue weighted by Gasteiger charge is 2.27. The van der Waals surface area contributed by atoms with Gasteiger partial charge in [-0.3, -0.25) is 10.1 Å². The molecular weight excluding hydrogens is 484 g/mol. The van der Waals surface area contributed by atoms with E-state index >= 15 is 0 Å². The number of hydrogen-bond donors (Lipinski definition) is 0. The van der Waals surface area contributed by atoms with Crippen molar-refractivity contribution in [2.75, 3.05) is 13.2 Å². The normalized spacial score (nSPS) is 13.9. The van der Waals surface area contributed by atoms with Crippen LogP contribution in [-0.2, 0) is 16.0 Å². The fourth-order valence-corrected chi connectivity index (χ4v) is 4.00. The van der Waals surface area contributed by atoms with E-state index in [2.05, 4.69) is 4.99 Å². The maximum absolute atomic E-state index is 12.5. The minimum Gasteiger partial charge on any atom is -0.490 e. The van der Waals surface area contributed by atoms with Crippen LogP contribution in [0.15, 0.2) is 71.4 Å². The highest BCUT2D eigenvalue weighted by Crippen LogP contribution is 2.38. The summed E-state index contributed by atoms with van der Waals surface area (Å²) in [5, 5.41) is 11.6. The first kappa shape index (κ1) is 24.9. The first-order chi connectivity index (χ1) is 17.4. The van der Waals surface area contributed by atoms with Crippen molar-refractivity contribution in [1.82, 2.24) is 0 Å². The lowest BCUT2D eigenvalue weighted by atomic mass is 10.1. The number of rotatable bonds is 9. The van der Waals surface area contributed by atoms with E-state index in [1.54, 1.807) is 25.1 Å². The van der Waals surface area contributed by atoms with Gasteiger partial charge in [-0.25, -0.2) is 9.79 Å². The van der Waals surface area contributed by atoms with Crippen LogP contribution in [0.2, 0.25) is 5.02 Å². The Morgan fingerprint density at radius 3 is 2.61 bits per heavy atom. The molecule has 8 nitrogen and oxygen atoms in total. The summed E-state index contributed by atoms with van der Waals surface area (Å²) in [4.78, 5) is 27.5. The van der Waals surface area contributed by atoms with Gasteiger partial charge in [0.25, 0.3) is 5.69 Å². The molecule has 1 aliphatic heterocycles. The molecule has 0 saturated heterocycles. The second-order valence-electron chi connectivity index (χ2n) is 7.89. The van der Waals surface area contributed by atoms with Gasteiger partial charge in [0.15, 0.2) is 17.2 Å². The van der Waals surface area contributed by atoms with E-state index in [4.69, 9.17) is 25.8 Å². The van der Waals surface area contributed by atoms with E-state index < -0.39 is 10.9 Å². The number of nitro groups is 1. The Balaban J connectivity index is 1.60. The van der Waals surface area contributed by atoms with Gasteiger partial charge < -0.3 is 14.2 Å². The fraction of sp³-hybridized carbons (Fsp3) is 0.185. The lowest BCUT2D eigenvalue weighted by molar-refractivity contribution is -0.385. The zero-order chi connectivity index (χ0) is 25.7. The number of esters is 1. The second-order valence-corrected chi connectivity index (χ2v) is 8.30. The molecule has 3 aromatic carbocycles. The topological polar surface area (TPSA) is 100 Å². The monoisotopic (exact) mass is 506 g/mol. The molecule has 3 aromatic rings. The Morgan fingerprint density at radius 1 is 1.11 bits per heavy atom. The Kier molecular flexibility index (Phi) is 7.65. The number of halogens is 1. The number of aliphatic imine (C=N–C) groups is 1. The van der Waals surface area contributed by atoms with Gasteiger partial charge in [-0.2, -0.15) is 0 Å². The molecule has 0 spiro atoms. The zero-order valence-corrected chi connectivity index (χ0v) is 20.4. The van der Waals surface area contributed by atoms with Gasteiger partial charge in [0.05, 0.1) is 23.2 Å². The highest BCUT2D eigenvalue weighted by molar-refractivity contribution is 6.32. The third kappa shape index (κ3) is 5.55. The third-order valence-corrected chi connectivity index (χ3v) is 5.75. The summed E-state index contributed by atoms with van der Waals surface area (Å²) in [6.45, 7) is 4.23. The fourth-order valence-electron chi connectivity index (χ4n) is 3.73. The van der Waals surface area contributed by atoms with Crippen molar-refractivity contribution in [3.63, 3.8) is 0 Å².